The summed E-state index contributed by atoms with van der Waals surface area (Å²) in [7, 11) is 0. The molecule has 26 heavy (non-hydrogen) atoms. The summed E-state index contributed by atoms with van der Waals surface area (Å²) in [6.07, 6.45) is 1.37. The van der Waals surface area contributed by atoms with Crippen LogP contribution < -0.4 is 16.4 Å². The average Bonchev–Trinajstić information content (AvgIpc) is 2.64. The first-order valence-electron chi connectivity index (χ1n) is 7.79. The number of nitrogens with one attached hydrogen (secondary N) is 2. The van der Waals surface area contributed by atoms with E-state index >= 15 is 0 Å². The number of nitrogens with two attached hydrogens (primary N) is 1. The third-order valence-electron chi connectivity index (χ3n) is 3.74. The van der Waals surface area contributed by atoms with Gasteiger partial charge in [0.1, 0.15) is 11.6 Å². The van der Waals surface area contributed by atoms with Crippen LogP contribution in [0.25, 0.3) is 10.8 Å². The molecule has 3 aromatic carbocycles. The molecule has 0 bridgehead atoms. The maximum atomic E-state index is 12.3. The standard InChI is InChI=1S/C20H15ClN4O/c21-18-10-16(23)6-8-19(18)25-20(26)15(11-22)12-24-17-7-5-13-3-1-2-4-14(13)9-17/h1-10,12,24H,23H2,(H,25,26)/b15-12-. The van der Waals surface area contributed by atoms with E-state index in [0.29, 0.717) is 16.4 Å². The van der Waals surface area contributed by atoms with E-state index in [0.717, 1.165) is 16.5 Å². The summed E-state index contributed by atoms with van der Waals surface area (Å²) < 4.78 is 0. The number of anilines is 3. The first kappa shape index (κ1) is 17.3. The Kier molecular flexibility index (Phi) is 5.07. The van der Waals surface area contributed by atoms with Crippen molar-refractivity contribution in [2.45, 2.75) is 0 Å². The highest BCUT2D eigenvalue weighted by Crippen LogP contribution is 2.24. The zero-order chi connectivity index (χ0) is 18.5. The van der Waals surface area contributed by atoms with Crippen molar-refractivity contribution in [2.75, 3.05) is 16.4 Å². The molecular weight excluding hydrogens is 348 g/mol. The molecule has 0 aliphatic heterocycles. The Morgan fingerprint density at radius 2 is 1.85 bits per heavy atom. The van der Waals surface area contributed by atoms with Crippen LogP contribution in [0.2, 0.25) is 5.02 Å². The Morgan fingerprint density at radius 1 is 1.08 bits per heavy atom. The maximum Gasteiger partial charge on any atom is 0.267 e. The summed E-state index contributed by atoms with van der Waals surface area (Å²) in [5.74, 6) is -0.563. The molecule has 0 unspecified atom stereocenters. The fourth-order valence-electron chi connectivity index (χ4n) is 2.41. The number of nitrogens with zero attached hydrogens (tertiary/aromatic N) is 1. The molecule has 6 heteroatoms. The van der Waals surface area contributed by atoms with Crippen LogP contribution in [0.3, 0.4) is 0 Å². The van der Waals surface area contributed by atoms with Gasteiger partial charge in [-0.15, -0.1) is 0 Å². The highest BCUT2D eigenvalue weighted by molar-refractivity contribution is 6.34. The second-order valence-corrected chi connectivity index (χ2v) is 5.98. The summed E-state index contributed by atoms with van der Waals surface area (Å²) in [6.45, 7) is 0. The zero-order valence-corrected chi connectivity index (χ0v) is 14.4. The summed E-state index contributed by atoms with van der Waals surface area (Å²) in [4.78, 5) is 12.3. The van der Waals surface area contributed by atoms with Gasteiger partial charge in [-0.25, -0.2) is 0 Å². The molecule has 0 aliphatic rings. The van der Waals surface area contributed by atoms with E-state index in [1.54, 1.807) is 12.1 Å². The SMILES string of the molecule is N#C/C(=C/Nc1ccc2ccccc2c1)C(=O)Nc1ccc(N)cc1Cl. The van der Waals surface area contributed by atoms with Crippen LogP contribution in [0.1, 0.15) is 0 Å². The van der Waals surface area contributed by atoms with Gasteiger partial charge in [0.25, 0.3) is 5.91 Å². The van der Waals surface area contributed by atoms with Crippen LogP contribution in [-0.2, 0) is 4.79 Å². The number of hydrogen-bond acceptors (Lipinski definition) is 4. The molecule has 0 heterocycles. The number of nitrogen functional groups attached to an aromatic ring is 1. The molecule has 0 aromatic heterocycles. The lowest BCUT2D eigenvalue weighted by Crippen LogP contribution is -2.15. The molecule has 0 aliphatic carbocycles. The lowest BCUT2D eigenvalue weighted by atomic mass is 10.1. The van der Waals surface area contributed by atoms with Gasteiger partial charge in [-0.05, 0) is 41.1 Å². The molecule has 0 saturated carbocycles. The molecule has 0 fully saturated rings. The van der Waals surface area contributed by atoms with Gasteiger partial charge < -0.3 is 16.4 Å². The number of carbonyl (C=O) groups is 1. The van der Waals surface area contributed by atoms with E-state index in [-0.39, 0.29) is 5.57 Å². The highest BCUT2D eigenvalue weighted by Gasteiger charge is 2.11. The fraction of sp³-hybridized carbons (Fsp3) is 0. The molecule has 0 saturated heterocycles. The molecule has 0 atom stereocenters. The Labute approximate surface area is 155 Å². The minimum absolute atomic E-state index is 0.0777. The largest absolute Gasteiger partial charge is 0.399 e. The molecular formula is C20H15ClN4O. The third-order valence-corrected chi connectivity index (χ3v) is 4.05. The van der Waals surface area contributed by atoms with Crippen molar-refractivity contribution in [3.8, 4) is 6.07 Å². The Morgan fingerprint density at radius 3 is 2.58 bits per heavy atom. The van der Waals surface area contributed by atoms with Crippen LogP contribution in [0.4, 0.5) is 17.1 Å². The van der Waals surface area contributed by atoms with Crippen LogP contribution >= 0.6 is 11.6 Å². The van der Waals surface area contributed by atoms with Gasteiger partial charge in [0.05, 0.1) is 10.7 Å². The van der Waals surface area contributed by atoms with Gasteiger partial charge in [-0.2, -0.15) is 5.26 Å². The fourth-order valence-corrected chi connectivity index (χ4v) is 2.64. The topological polar surface area (TPSA) is 90.9 Å². The Hall–Kier alpha value is -3.49. The summed E-state index contributed by atoms with van der Waals surface area (Å²) in [5, 5.41) is 17.3. The summed E-state index contributed by atoms with van der Waals surface area (Å²) in [5.41, 5.74) is 7.19. The lowest BCUT2D eigenvalue weighted by Gasteiger charge is -2.08. The van der Waals surface area contributed by atoms with Crippen LogP contribution in [-0.4, -0.2) is 5.91 Å². The van der Waals surface area contributed by atoms with E-state index in [4.69, 9.17) is 17.3 Å². The number of fused-ring (bicyclic) bond motifs is 1. The zero-order valence-electron chi connectivity index (χ0n) is 13.7. The van der Waals surface area contributed by atoms with E-state index < -0.39 is 5.91 Å². The number of rotatable bonds is 4. The Bertz CT molecular complexity index is 1050. The predicted molar refractivity (Wildman–Crippen MR) is 106 cm³/mol. The second-order valence-electron chi connectivity index (χ2n) is 5.57. The monoisotopic (exact) mass is 362 g/mol. The molecule has 4 N–H and O–H groups in total. The van der Waals surface area contributed by atoms with Crippen molar-refractivity contribution in [2.24, 2.45) is 0 Å². The molecule has 1 amide bonds. The van der Waals surface area contributed by atoms with E-state index in [9.17, 15) is 10.1 Å². The molecule has 0 spiro atoms. The average molecular weight is 363 g/mol. The van der Waals surface area contributed by atoms with Crippen molar-refractivity contribution in [1.29, 1.82) is 5.26 Å². The lowest BCUT2D eigenvalue weighted by molar-refractivity contribution is -0.112. The van der Waals surface area contributed by atoms with E-state index in [1.165, 1.54) is 12.3 Å². The van der Waals surface area contributed by atoms with Crippen molar-refractivity contribution in [3.63, 3.8) is 0 Å². The number of carbonyl (C=O) groups excluding carboxylic acids is 1. The van der Waals surface area contributed by atoms with Crippen LogP contribution in [0.15, 0.2) is 72.4 Å². The summed E-state index contributed by atoms with van der Waals surface area (Å²) in [6, 6.07) is 20.3. The van der Waals surface area contributed by atoms with Crippen molar-refractivity contribution >= 4 is 45.3 Å². The molecule has 0 radical (unpaired) electrons. The highest BCUT2D eigenvalue weighted by atomic mass is 35.5. The molecule has 3 rings (SSSR count). The number of amides is 1. The van der Waals surface area contributed by atoms with E-state index in [2.05, 4.69) is 10.6 Å². The van der Waals surface area contributed by atoms with Crippen molar-refractivity contribution in [1.82, 2.24) is 0 Å². The molecule has 3 aromatic rings. The van der Waals surface area contributed by atoms with Crippen molar-refractivity contribution < 1.29 is 4.79 Å². The van der Waals surface area contributed by atoms with Gasteiger partial charge in [-0.3, -0.25) is 4.79 Å². The van der Waals surface area contributed by atoms with Crippen molar-refractivity contribution in [3.05, 3.63) is 77.5 Å². The quantitative estimate of drug-likeness (QED) is 0.361. The number of benzene rings is 3. The predicted octanol–water partition coefficient (Wildman–Crippen LogP) is 4.53. The Balaban J connectivity index is 1.76. The molecule has 128 valence electrons. The number of nitriles is 1. The van der Waals surface area contributed by atoms with Gasteiger partial charge in [-0.1, -0.05) is 41.9 Å². The third kappa shape index (κ3) is 3.94. The minimum Gasteiger partial charge on any atom is -0.399 e. The summed E-state index contributed by atoms with van der Waals surface area (Å²) >= 11 is 6.04. The van der Waals surface area contributed by atoms with Crippen LogP contribution in [0.5, 0.6) is 0 Å². The van der Waals surface area contributed by atoms with Gasteiger partial charge in [0.15, 0.2) is 0 Å². The van der Waals surface area contributed by atoms with Crippen LogP contribution in [0, 0.1) is 11.3 Å². The second kappa shape index (κ2) is 7.60. The van der Waals surface area contributed by atoms with Gasteiger partial charge >= 0.3 is 0 Å². The van der Waals surface area contributed by atoms with Gasteiger partial charge in [0.2, 0.25) is 0 Å². The maximum absolute atomic E-state index is 12.3. The normalized spacial score (nSPS) is 11.0. The first-order valence-corrected chi connectivity index (χ1v) is 8.16. The van der Waals surface area contributed by atoms with E-state index in [1.807, 2.05) is 48.5 Å². The first-order chi connectivity index (χ1) is 12.6. The smallest absolute Gasteiger partial charge is 0.267 e. The number of halogens is 1. The van der Waals surface area contributed by atoms with Gasteiger partial charge in [0, 0.05) is 17.6 Å². The number of hydrogen-bond donors (Lipinski definition) is 3. The minimum atomic E-state index is -0.563. The molecule has 5 nitrogen and oxygen atoms in total.